The molecular formula is C14H20ClNO4S2. The fourth-order valence-electron chi connectivity index (χ4n) is 2.67. The highest BCUT2D eigenvalue weighted by atomic mass is 35.5. The lowest BCUT2D eigenvalue weighted by Crippen LogP contribution is -2.35. The molecule has 1 unspecified atom stereocenters. The molecule has 0 aliphatic carbocycles. The third kappa shape index (κ3) is 3.82. The van der Waals surface area contributed by atoms with Crippen LogP contribution in [0.15, 0.2) is 24.3 Å². The molecule has 5 nitrogen and oxygen atoms in total. The number of sulfonamides is 1. The summed E-state index contributed by atoms with van der Waals surface area (Å²) in [6.07, 6.45) is 0.745. The Labute approximate surface area is 137 Å². The van der Waals surface area contributed by atoms with E-state index in [2.05, 4.69) is 0 Å². The van der Waals surface area contributed by atoms with Crippen molar-refractivity contribution in [2.45, 2.75) is 25.0 Å². The highest BCUT2D eigenvalue weighted by molar-refractivity contribution is 7.92. The van der Waals surface area contributed by atoms with E-state index in [1.165, 1.54) is 4.31 Å². The smallest absolute Gasteiger partial charge is 0.214 e. The normalized spacial score (nSPS) is 23.1. The van der Waals surface area contributed by atoms with E-state index in [1.807, 2.05) is 0 Å². The van der Waals surface area contributed by atoms with Crippen molar-refractivity contribution in [3.05, 3.63) is 34.9 Å². The van der Waals surface area contributed by atoms with Crippen LogP contribution >= 0.6 is 11.6 Å². The van der Waals surface area contributed by atoms with Crippen molar-refractivity contribution in [1.29, 1.82) is 0 Å². The van der Waals surface area contributed by atoms with E-state index >= 15 is 0 Å². The molecule has 1 aromatic rings. The van der Waals surface area contributed by atoms with Crippen molar-refractivity contribution in [1.82, 2.24) is 4.31 Å². The van der Waals surface area contributed by atoms with Crippen LogP contribution in [0.2, 0.25) is 5.02 Å². The van der Waals surface area contributed by atoms with E-state index in [1.54, 1.807) is 31.2 Å². The topological polar surface area (TPSA) is 71.5 Å². The van der Waals surface area contributed by atoms with E-state index in [4.69, 9.17) is 11.6 Å². The molecule has 0 spiro atoms. The van der Waals surface area contributed by atoms with Crippen molar-refractivity contribution in [2.75, 3.05) is 24.6 Å². The van der Waals surface area contributed by atoms with Gasteiger partial charge >= 0.3 is 0 Å². The van der Waals surface area contributed by atoms with Crippen molar-refractivity contribution in [3.63, 3.8) is 0 Å². The van der Waals surface area contributed by atoms with Crippen molar-refractivity contribution in [3.8, 4) is 0 Å². The second kappa shape index (κ2) is 6.86. The van der Waals surface area contributed by atoms with E-state index in [0.717, 1.165) is 0 Å². The van der Waals surface area contributed by atoms with Gasteiger partial charge in [0.25, 0.3) is 0 Å². The Morgan fingerprint density at radius 3 is 2.59 bits per heavy atom. The molecule has 1 aliphatic heterocycles. The highest BCUT2D eigenvalue weighted by Crippen LogP contribution is 2.34. The molecule has 0 N–H and O–H groups in total. The Hall–Kier alpha value is -0.630. The summed E-state index contributed by atoms with van der Waals surface area (Å²) in [5.41, 5.74) is 0.555. The summed E-state index contributed by atoms with van der Waals surface area (Å²) in [6, 6.07) is 6.84. The fraction of sp³-hybridized carbons (Fsp3) is 0.571. The largest absolute Gasteiger partial charge is 0.228 e. The number of hydrogen-bond donors (Lipinski definition) is 0. The minimum atomic E-state index is -3.43. The van der Waals surface area contributed by atoms with Gasteiger partial charge in [0.15, 0.2) is 9.84 Å². The summed E-state index contributed by atoms with van der Waals surface area (Å²) >= 11 is 6.12. The van der Waals surface area contributed by atoms with Gasteiger partial charge in [-0.2, -0.15) is 0 Å². The second-order valence-corrected chi connectivity index (χ2v) is 10.2. The van der Waals surface area contributed by atoms with Crippen LogP contribution in [-0.2, 0) is 19.9 Å². The molecule has 1 atom stereocenters. The van der Waals surface area contributed by atoms with Crippen LogP contribution in [0, 0.1) is 0 Å². The van der Waals surface area contributed by atoms with Gasteiger partial charge in [-0.3, -0.25) is 0 Å². The number of benzene rings is 1. The van der Waals surface area contributed by atoms with Gasteiger partial charge in [-0.05, 0) is 24.5 Å². The van der Waals surface area contributed by atoms with Crippen molar-refractivity contribution < 1.29 is 16.8 Å². The first-order chi connectivity index (χ1) is 10.3. The SMILES string of the molecule is CCCS(=O)(=O)N1CCC(c2ccccc2Cl)S(=O)(=O)CC1. The Kier molecular flexibility index (Phi) is 5.53. The van der Waals surface area contributed by atoms with Crippen LogP contribution in [0.25, 0.3) is 0 Å². The van der Waals surface area contributed by atoms with E-state index in [0.29, 0.717) is 17.0 Å². The third-order valence-corrected chi connectivity index (χ3v) is 8.34. The van der Waals surface area contributed by atoms with Crippen LogP contribution < -0.4 is 0 Å². The maximum atomic E-state index is 12.5. The predicted octanol–water partition coefficient (Wildman–Crippen LogP) is 2.24. The molecule has 0 radical (unpaired) electrons. The molecule has 124 valence electrons. The maximum Gasteiger partial charge on any atom is 0.214 e. The Balaban J connectivity index is 2.31. The molecule has 1 fully saturated rings. The third-order valence-electron chi connectivity index (χ3n) is 3.81. The van der Waals surface area contributed by atoms with Gasteiger partial charge in [-0.1, -0.05) is 36.7 Å². The molecule has 2 rings (SSSR count). The number of sulfone groups is 1. The molecular weight excluding hydrogens is 346 g/mol. The molecule has 0 aromatic heterocycles. The second-order valence-electron chi connectivity index (χ2n) is 5.38. The quantitative estimate of drug-likeness (QED) is 0.820. The van der Waals surface area contributed by atoms with Crippen molar-refractivity contribution >= 4 is 31.5 Å². The highest BCUT2D eigenvalue weighted by Gasteiger charge is 2.35. The summed E-state index contributed by atoms with van der Waals surface area (Å²) in [7, 11) is -6.82. The lowest BCUT2D eigenvalue weighted by atomic mass is 10.1. The van der Waals surface area contributed by atoms with Gasteiger partial charge in [0.05, 0.1) is 16.8 Å². The molecule has 0 amide bonds. The molecule has 1 aromatic carbocycles. The van der Waals surface area contributed by atoms with Gasteiger partial charge in [-0.25, -0.2) is 21.1 Å². The van der Waals surface area contributed by atoms with Crippen LogP contribution in [0.5, 0.6) is 0 Å². The number of nitrogens with zero attached hydrogens (tertiary/aromatic N) is 1. The molecule has 22 heavy (non-hydrogen) atoms. The molecule has 0 bridgehead atoms. The van der Waals surface area contributed by atoms with Gasteiger partial charge in [0.2, 0.25) is 10.0 Å². The Morgan fingerprint density at radius 1 is 1.27 bits per heavy atom. The standard InChI is InChI=1S/C14H20ClNO4S2/c1-2-10-22(19,20)16-8-7-14(21(17,18)11-9-16)12-5-3-4-6-13(12)15/h3-6,14H,2,7-11H2,1H3. The van der Waals surface area contributed by atoms with Gasteiger partial charge < -0.3 is 0 Å². The number of hydrogen-bond acceptors (Lipinski definition) is 4. The van der Waals surface area contributed by atoms with Crippen LogP contribution in [0.1, 0.15) is 30.6 Å². The maximum absolute atomic E-state index is 12.5. The summed E-state index contributed by atoms with van der Waals surface area (Å²) in [4.78, 5) is 0. The monoisotopic (exact) mass is 365 g/mol. The predicted molar refractivity (Wildman–Crippen MR) is 88.2 cm³/mol. The van der Waals surface area contributed by atoms with E-state index < -0.39 is 25.1 Å². The van der Waals surface area contributed by atoms with Gasteiger partial charge in [0, 0.05) is 18.1 Å². The number of rotatable bonds is 4. The average molecular weight is 366 g/mol. The first kappa shape index (κ1) is 17.7. The van der Waals surface area contributed by atoms with Crippen molar-refractivity contribution in [2.24, 2.45) is 0 Å². The summed E-state index contributed by atoms with van der Waals surface area (Å²) < 4.78 is 50.6. The van der Waals surface area contributed by atoms with Gasteiger partial charge in [0.1, 0.15) is 0 Å². The van der Waals surface area contributed by atoms with Crippen LogP contribution in [-0.4, -0.2) is 45.7 Å². The minimum absolute atomic E-state index is 0.0195. The fourth-order valence-corrected chi connectivity index (χ4v) is 6.47. The zero-order valence-corrected chi connectivity index (χ0v) is 14.8. The first-order valence-electron chi connectivity index (χ1n) is 7.22. The zero-order chi connectivity index (χ0) is 16.4. The molecule has 1 saturated heterocycles. The lowest BCUT2D eigenvalue weighted by molar-refractivity contribution is 0.427. The zero-order valence-electron chi connectivity index (χ0n) is 12.4. The molecule has 1 aliphatic rings. The first-order valence-corrected chi connectivity index (χ1v) is 10.9. The molecule has 1 heterocycles. The molecule has 0 saturated carbocycles. The summed E-state index contributed by atoms with van der Waals surface area (Å²) in [5.74, 6) is -0.129. The minimum Gasteiger partial charge on any atom is -0.228 e. The Morgan fingerprint density at radius 2 is 1.95 bits per heavy atom. The summed E-state index contributed by atoms with van der Waals surface area (Å²) in [5, 5.41) is -0.344. The molecule has 8 heteroatoms. The summed E-state index contributed by atoms with van der Waals surface area (Å²) in [6.45, 7) is 2.02. The average Bonchev–Trinajstić information content (AvgIpc) is 2.58. The van der Waals surface area contributed by atoms with Gasteiger partial charge in [-0.15, -0.1) is 0 Å². The van der Waals surface area contributed by atoms with E-state index in [9.17, 15) is 16.8 Å². The lowest BCUT2D eigenvalue weighted by Gasteiger charge is -2.19. The Bertz CT molecular complexity index is 731. The van der Waals surface area contributed by atoms with E-state index in [-0.39, 0.29) is 31.0 Å². The van der Waals surface area contributed by atoms with Crippen LogP contribution in [0.4, 0.5) is 0 Å². The van der Waals surface area contributed by atoms with Crippen LogP contribution in [0.3, 0.4) is 0 Å². The number of halogens is 1.